The minimum atomic E-state index is -0.0889. The highest BCUT2D eigenvalue weighted by Gasteiger charge is 2.22. The minimum Gasteiger partial charge on any atom is -0.376 e. The van der Waals surface area contributed by atoms with Crippen molar-refractivity contribution in [2.24, 2.45) is 5.73 Å². The van der Waals surface area contributed by atoms with Gasteiger partial charge < -0.3 is 15.2 Å². The van der Waals surface area contributed by atoms with Crippen LogP contribution in [-0.4, -0.2) is 32.0 Å². The van der Waals surface area contributed by atoms with Gasteiger partial charge in [0.2, 0.25) is 0 Å². The Kier molecular flexibility index (Phi) is 4.82. The van der Waals surface area contributed by atoms with Crippen LogP contribution in [0.5, 0.6) is 0 Å². The van der Waals surface area contributed by atoms with E-state index in [2.05, 4.69) is 15.9 Å². The van der Waals surface area contributed by atoms with Gasteiger partial charge in [0.05, 0.1) is 25.9 Å². The second-order valence-corrected chi connectivity index (χ2v) is 5.41. The Morgan fingerprint density at radius 1 is 1.47 bits per heavy atom. The second kappa shape index (κ2) is 6.16. The molecule has 2 N–H and O–H groups in total. The van der Waals surface area contributed by atoms with Gasteiger partial charge in [-0.15, -0.1) is 0 Å². The summed E-state index contributed by atoms with van der Waals surface area (Å²) in [5, 5.41) is 0.728. The highest BCUT2D eigenvalue weighted by atomic mass is 79.9. The first-order valence-corrected chi connectivity index (χ1v) is 6.73. The third kappa shape index (κ3) is 3.66. The van der Waals surface area contributed by atoms with Crippen LogP contribution in [0.3, 0.4) is 0 Å². The van der Waals surface area contributed by atoms with Crippen molar-refractivity contribution < 1.29 is 9.47 Å². The Morgan fingerprint density at radius 3 is 2.94 bits per heavy atom. The van der Waals surface area contributed by atoms with Crippen molar-refractivity contribution in [3.05, 3.63) is 33.3 Å². The lowest BCUT2D eigenvalue weighted by molar-refractivity contribution is -0.0967. The fraction of sp³-hybridized carbons (Fsp3) is 0.500. The van der Waals surface area contributed by atoms with Crippen LogP contribution < -0.4 is 5.73 Å². The van der Waals surface area contributed by atoms with E-state index in [0.717, 1.165) is 15.1 Å². The molecule has 0 radical (unpaired) electrons. The van der Waals surface area contributed by atoms with Crippen molar-refractivity contribution in [2.75, 3.05) is 19.8 Å². The number of benzene rings is 1. The molecule has 1 saturated heterocycles. The number of nitrogens with two attached hydrogens (primary N) is 1. The summed E-state index contributed by atoms with van der Waals surface area (Å²) >= 11 is 9.53. The maximum Gasteiger partial charge on any atom is 0.0963 e. The van der Waals surface area contributed by atoms with Gasteiger partial charge >= 0.3 is 0 Å². The van der Waals surface area contributed by atoms with Crippen LogP contribution in [0.2, 0.25) is 5.02 Å². The molecule has 0 saturated carbocycles. The fourth-order valence-electron chi connectivity index (χ4n) is 1.83. The van der Waals surface area contributed by atoms with Gasteiger partial charge in [0, 0.05) is 15.5 Å². The monoisotopic (exact) mass is 319 g/mol. The van der Waals surface area contributed by atoms with Crippen LogP contribution >= 0.6 is 27.5 Å². The predicted octanol–water partition coefficient (Wildman–Crippen LogP) is 2.39. The molecule has 0 bridgehead atoms. The van der Waals surface area contributed by atoms with Crippen molar-refractivity contribution in [1.29, 1.82) is 0 Å². The van der Waals surface area contributed by atoms with E-state index in [1.54, 1.807) is 0 Å². The highest BCUT2D eigenvalue weighted by Crippen LogP contribution is 2.23. The molecule has 1 fully saturated rings. The maximum atomic E-state index is 6.15. The molecule has 1 heterocycles. The zero-order chi connectivity index (χ0) is 12.3. The first kappa shape index (κ1) is 13.3. The number of hydrogen-bond acceptors (Lipinski definition) is 3. The maximum absolute atomic E-state index is 6.15. The Bertz CT molecular complexity index is 383. The van der Waals surface area contributed by atoms with E-state index in [0.29, 0.717) is 26.2 Å². The molecular weight excluding hydrogens is 305 g/mol. The number of ether oxygens (including phenoxy) is 2. The topological polar surface area (TPSA) is 44.5 Å². The molecule has 0 aromatic heterocycles. The van der Waals surface area contributed by atoms with Gasteiger partial charge in [0.25, 0.3) is 0 Å². The van der Waals surface area contributed by atoms with Crippen molar-refractivity contribution in [3.8, 4) is 0 Å². The van der Waals surface area contributed by atoms with Crippen molar-refractivity contribution in [3.63, 3.8) is 0 Å². The van der Waals surface area contributed by atoms with E-state index in [4.69, 9.17) is 26.8 Å². The van der Waals surface area contributed by atoms with Gasteiger partial charge in [-0.1, -0.05) is 33.6 Å². The van der Waals surface area contributed by atoms with Gasteiger partial charge in [-0.05, 0) is 24.1 Å². The SMILES string of the molecule is NC(Cc1ccc(Br)cc1Cl)C1COCCO1. The average molecular weight is 321 g/mol. The third-order valence-corrected chi connectivity index (χ3v) is 3.64. The number of rotatable bonds is 3. The zero-order valence-corrected chi connectivity index (χ0v) is 11.7. The summed E-state index contributed by atoms with van der Waals surface area (Å²) in [7, 11) is 0. The van der Waals surface area contributed by atoms with Crippen LogP contribution in [0.25, 0.3) is 0 Å². The summed E-state index contributed by atoms with van der Waals surface area (Å²) < 4.78 is 11.9. The Labute approximate surface area is 114 Å². The van der Waals surface area contributed by atoms with E-state index in [1.165, 1.54) is 0 Å². The number of halogens is 2. The highest BCUT2D eigenvalue weighted by molar-refractivity contribution is 9.10. The molecule has 0 amide bonds. The van der Waals surface area contributed by atoms with E-state index >= 15 is 0 Å². The fourth-order valence-corrected chi connectivity index (χ4v) is 2.58. The summed E-state index contributed by atoms with van der Waals surface area (Å²) in [6, 6.07) is 5.73. The largest absolute Gasteiger partial charge is 0.376 e. The Hall–Kier alpha value is -0.130. The predicted molar refractivity (Wildman–Crippen MR) is 71.4 cm³/mol. The molecule has 1 aliphatic rings. The van der Waals surface area contributed by atoms with Gasteiger partial charge in [-0.3, -0.25) is 0 Å². The quantitative estimate of drug-likeness (QED) is 0.930. The molecule has 5 heteroatoms. The molecule has 2 atom stereocenters. The van der Waals surface area contributed by atoms with E-state index < -0.39 is 0 Å². The average Bonchev–Trinajstić information content (AvgIpc) is 2.34. The van der Waals surface area contributed by atoms with Crippen LogP contribution in [0.15, 0.2) is 22.7 Å². The molecule has 3 nitrogen and oxygen atoms in total. The van der Waals surface area contributed by atoms with Crippen molar-refractivity contribution >= 4 is 27.5 Å². The molecule has 17 heavy (non-hydrogen) atoms. The Balaban J connectivity index is 1.99. The Morgan fingerprint density at radius 2 is 2.29 bits per heavy atom. The van der Waals surface area contributed by atoms with Crippen LogP contribution in [0.1, 0.15) is 5.56 Å². The first-order chi connectivity index (χ1) is 8.16. The lowest BCUT2D eigenvalue weighted by Crippen LogP contribution is -2.44. The summed E-state index contributed by atoms with van der Waals surface area (Å²) in [4.78, 5) is 0. The van der Waals surface area contributed by atoms with Crippen LogP contribution in [0, 0.1) is 0 Å². The first-order valence-electron chi connectivity index (χ1n) is 5.55. The zero-order valence-electron chi connectivity index (χ0n) is 9.36. The van der Waals surface area contributed by atoms with E-state index in [9.17, 15) is 0 Å². The molecule has 0 aliphatic carbocycles. The van der Waals surface area contributed by atoms with Crippen LogP contribution in [-0.2, 0) is 15.9 Å². The second-order valence-electron chi connectivity index (χ2n) is 4.09. The molecule has 2 unspecified atom stereocenters. The minimum absolute atomic E-state index is 0.0385. The van der Waals surface area contributed by atoms with Gasteiger partial charge in [0.1, 0.15) is 0 Å². The molecule has 1 aromatic rings. The molecule has 1 aromatic carbocycles. The van der Waals surface area contributed by atoms with Crippen molar-refractivity contribution in [1.82, 2.24) is 0 Å². The van der Waals surface area contributed by atoms with Gasteiger partial charge in [0.15, 0.2) is 0 Å². The molecule has 94 valence electrons. The van der Waals surface area contributed by atoms with Crippen molar-refractivity contribution in [2.45, 2.75) is 18.6 Å². The summed E-state index contributed by atoms with van der Waals surface area (Å²) in [5.74, 6) is 0. The molecule has 0 spiro atoms. The smallest absolute Gasteiger partial charge is 0.0963 e. The van der Waals surface area contributed by atoms with Gasteiger partial charge in [-0.2, -0.15) is 0 Å². The summed E-state index contributed by atoms with van der Waals surface area (Å²) in [5.41, 5.74) is 7.15. The molecule has 2 rings (SSSR count). The van der Waals surface area contributed by atoms with E-state index in [1.807, 2.05) is 18.2 Å². The summed E-state index contributed by atoms with van der Waals surface area (Å²) in [6.07, 6.45) is 0.656. The normalized spacial score (nSPS) is 22.4. The molecule has 1 aliphatic heterocycles. The number of hydrogen-bond donors (Lipinski definition) is 1. The lowest BCUT2D eigenvalue weighted by atomic mass is 10.0. The standard InChI is InChI=1S/C12H15BrClNO2/c13-9-2-1-8(10(14)6-9)5-11(15)12-7-16-3-4-17-12/h1-2,6,11-12H,3-5,7,15H2. The van der Waals surface area contributed by atoms with E-state index in [-0.39, 0.29) is 12.1 Å². The summed E-state index contributed by atoms with van der Waals surface area (Å²) in [6.45, 7) is 1.84. The third-order valence-electron chi connectivity index (χ3n) is 2.79. The van der Waals surface area contributed by atoms with Gasteiger partial charge in [-0.25, -0.2) is 0 Å². The lowest BCUT2D eigenvalue weighted by Gasteiger charge is -2.28. The molecular formula is C12H15BrClNO2. The van der Waals surface area contributed by atoms with Crippen LogP contribution in [0.4, 0.5) is 0 Å².